The van der Waals surface area contributed by atoms with Crippen molar-refractivity contribution in [2.24, 2.45) is 17.6 Å². The van der Waals surface area contributed by atoms with Crippen LogP contribution in [0.1, 0.15) is 34.6 Å². The molecule has 0 aromatic rings. The van der Waals surface area contributed by atoms with E-state index in [4.69, 9.17) is 5.73 Å². The van der Waals surface area contributed by atoms with Crippen LogP contribution >= 0.6 is 0 Å². The molecule has 0 amide bonds. The van der Waals surface area contributed by atoms with Gasteiger partial charge in [0.25, 0.3) is 0 Å². The van der Waals surface area contributed by atoms with E-state index in [-0.39, 0.29) is 12.0 Å². The Balaban J connectivity index is 4.29. The van der Waals surface area contributed by atoms with Gasteiger partial charge >= 0.3 is 0 Å². The fourth-order valence-electron chi connectivity index (χ4n) is 1.07. The number of nitrogens with two attached hydrogens (primary N) is 1. The molecule has 3 unspecified atom stereocenters. The molecule has 11 heavy (non-hydrogen) atoms. The molecule has 0 aliphatic carbocycles. The Hall–Kier alpha value is -0.110. The van der Waals surface area contributed by atoms with Crippen molar-refractivity contribution in [3.8, 4) is 0 Å². The Morgan fingerprint density at radius 2 is 1.55 bits per heavy atom. The van der Waals surface area contributed by atoms with E-state index in [0.717, 1.165) is 0 Å². The molecule has 0 bridgehead atoms. The number of hydrogen-bond donors (Lipinski definition) is 1. The van der Waals surface area contributed by atoms with E-state index in [1.165, 1.54) is 0 Å². The van der Waals surface area contributed by atoms with E-state index in [0.29, 0.717) is 5.92 Å². The van der Waals surface area contributed by atoms with Crippen molar-refractivity contribution in [2.75, 3.05) is 0 Å². The summed E-state index contributed by atoms with van der Waals surface area (Å²) in [5.74, 6) is 0.360. The molecule has 2 heteroatoms. The highest BCUT2D eigenvalue weighted by Crippen LogP contribution is 2.30. The molecule has 0 fully saturated rings. The summed E-state index contributed by atoms with van der Waals surface area (Å²) in [7, 11) is 0. The lowest BCUT2D eigenvalue weighted by atomic mass is 9.80. The van der Waals surface area contributed by atoms with Crippen LogP contribution < -0.4 is 5.73 Å². The molecule has 68 valence electrons. The average molecular weight is 161 g/mol. The molecule has 1 nitrogen and oxygen atoms in total. The third-order valence-electron chi connectivity index (χ3n) is 2.78. The molecule has 0 aliphatic heterocycles. The standard InChI is InChI=1S/C9H20FN/c1-6(2)7(3)9(5,10)8(4)11/h6-8H,11H2,1-5H3. The first kappa shape index (κ1) is 10.9. The minimum absolute atomic E-state index is 0.0162. The maximum Gasteiger partial charge on any atom is 0.125 e. The lowest BCUT2D eigenvalue weighted by Crippen LogP contribution is -2.46. The summed E-state index contributed by atoms with van der Waals surface area (Å²) in [6, 6.07) is -0.389. The number of hydrogen-bond acceptors (Lipinski definition) is 1. The lowest BCUT2D eigenvalue weighted by Gasteiger charge is -2.33. The molecular formula is C9H20FN. The minimum atomic E-state index is -1.24. The highest BCUT2D eigenvalue weighted by Gasteiger charge is 2.36. The van der Waals surface area contributed by atoms with E-state index >= 15 is 0 Å². The van der Waals surface area contributed by atoms with Crippen LogP contribution in [-0.4, -0.2) is 11.7 Å². The van der Waals surface area contributed by atoms with Crippen LogP contribution in [0.3, 0.4) is 0 Å². The molecule has 0 aromatic heterocycles. The zero-order valence-electron chi connectivity index (χ0n) is 8.19. The Morgan fingerprint density at radius 1 is 1.18 bits per heavy atom. The Bertz CT molecular complexity index is 119. The quantitative estimate of drug-likeness (QED) is 0.675. The maximum atomic E-state index is 13.7. The summed E-state index contributed by atoms with van der Waals surface area (Å²) in [6.45, 7) is 9.25. The summed E-state index contributed by atoms with van der Waals surface area (Å²) >= 11 is 0. The van der Waals surface area contributed by atoms with Crippen molar-refractivity contribution in [1.29, 1.82) is 0 Å². The zero-order valence-corrected chi connectivity index (χ0v) is 8.19. The lowest BCUT2D eigenvalue weighted by molar-refractivity contribution is 0.0604. The van der Waals surface area contributed by atoms with E-state index in [1.54, 1.807) is 13.8 Å². The maximum absolute atomic E-state index is 13.7. The second kappa shape index (κ2) is 3.53. The van der Waals surface area contributed by atoms with E-state index in [9.17, 15) is 4.39 Å². The molecular weight excluding hydrogens is 141 g/mol. The second-order valence-electron chi connectivity index (χ2n) is 3.97. The second-order valence-corrected chi connectivity index (χ2v) is 3.97. The van der Waals surface area contributed by atoms with Crippen LogP contribution in [0.15, 0.2) is 0 Å². The van der Waals surface area contributed by atoms with Gasteiger partial charge in [-0.3, -0.25) is 0 Å². The van der Waals surface area contributed by atoms with Crippen LogP contribution in [-0.2, 0) is 0 Å². The molecule has 0 aromatic carbocycles. The minimum Gasteiger partial charge on any atom is -0.325 e. The predicted octanol–water partition coefficient (Wildman–Crippen LogP) is 2.35. The van der Waals surface area contributed by atoms with Gasteiger partial charge in [0, 0.05) is 6.04 Å². The SMILES string of the molecule is CC(C)C(C)C(C)(F)C(C)N. The Labute approximate surface area is 69.2 Å². The number of halogens is 1. The average Bonchev–Trinajstić information content (AvgIpc) is 1.85. The Morgan fingerprint density at radius 3 is 1.64 bits per heavy atom. The predicted molar refractivity (Wildman–Crippen MR) is 47.2 cm³/mol. The summed E-state index contributed by atoms with van der Waals surface area (Å²) in [6.07, 6.45) is 0. The first-order valence-corrected chi connectivity index (χ1v) is 4.24. The van der Waals surface area contributed by atoms with Crippen molar-refractivity contribution in [3.05, 3.63) is 0 Å². The molecule has 0 saturated carbocycles. The monoisotopic (exact) mass is 161 g/mol. The third-order valence-corrected chi connectivity index (χ3v) is 2.78. The molecule has 0 aliphatic rings. The van der Waals surface area contributed by atoms with Crippen LogP contribution in [0.4, 0.5) is 4.39 Å². The highest BCUT2D eigenvalue weighted by molar-refractivity contribution is 4.88. The smallest absolute Gasteiger partial charge is 0.125 e. The van der Waals surface area contributed by atoms with Gasteiger partial charge in [0.2, 0.25) is 0 Å². The zero-order chi connectivity index (χ0) is 9.23. The van der Waals surface area contributed by atoms with Gasteiger partial charge in [-0.05, 0) is 25.7 Å². The van der Waals surface area contributed by atoms with Crippen molar-refractivity contribution >= 4 is 0 Å². The van der Waals surface area contributed by atoms with Crippen LogP contribution in [0.5, 0.6) is 0 Å². The van der Waals surface area contributed by atoms with Gasteiger partial charge in [-0.1, -0.05) is 20.8 Å². The fourth-order valence-corrected chi connectivity index (χ4v) is 1.07. The van der Waals surface area contributed by atoms with Gasteiger partial charge in [-0.25, -0.2) is 4.39 Å². The van der Waals surface area contributed by atoms with Gasteiger partial charge in [0.05, 0.1) is 0 Å². The fraction of sp³-hybridized carbons (Fsp3) is 1.00. The summed E-state index contributed by atoms with van der Waals surface area (Å²) in [5.41, 5.74) is 4.29. The third kappa shape index (κ3) is 2.44. The van der Waals surface area contributed by atoms with Crippen molar-refractivity contribution in [2.45, 2.75) is 46.3 Å². The first-order chi connectivity index (χ1) is 4.80. The number of rotatable bonds is 3. The van der Waals surface area contributed by atoms with Crippen LogP contribution in [0, 0.1) is 11.8 Å². The molecule has 0 spiro atoms. The molecule has 2 N–H and O–H groups in total. The van der Waals surface area contributed by atoms with Crippen molar-refractivity contribution < 1.29 is 4.39 Å². The largest absolute Gasteiger partial charge is 0.325 e. The van der Waals surface area contributed by atoms with Gasteiger partial charge < -0.3 is 5.73 Å². The molecule has 0 saturated heterocycles. The van der Waals surface area contributed by atoms with Crippen LogP contribution in [0.2, 0.25) is 0 Å². The van der Waals surface area contributed by atoms with E-state index in [2.05, 4.69) is 0 Å². The first-order valence-electron chi connectivity index (χ1n) is 4.24. The summed E-state index contributed by atoms with van der Waals surface area (Å²) in [4.78, 5) is 0. The number of alkyl halides is 1. The summed E-state index contributed by atoms with van der Waals surface area (Å²) < 4.78 is 13.7. The molecule has 0 rings (SSSR count). The van der Waals surface area contributed by atoms with Gasteiger partial charge in [0.1, 0.15) is 5.67 Å². The van der Waals surface area contributed by atoms with Crippen molar-refractivity contribution in [1.82, 2.24) is 0 Å². The molecule has 0 heterocycles. The van der Waals surface area contributed by atoms with E-state index in [1.807, 2.05) is 20.8 Å². The molecule has 0 radical (unpaired) electrons. The summed E-state index contributed by atoms with van der Waals surface area (Å²) in [5, 5.41) is 0. The van der Waals surface area contributed by atoms with Gasteiger partial charge in [0.15, 0.2) is 0 Å². The van der Waals surface area contributed by atoms with E-state index < -0.39 is 5.67 Å². The highest BCUT2D eigenvalue weighted by atomic mass is 19.1. The topological polar surface area (TPSA) is 26.0 Å². The van der Waals surface area contributed by atoms with Gasteiger partial charge in [-0.15, -0.1) is 0 Å². The van der Waals surface area contributed by atoms with Gasteiger partial charge in [-0.2, -0.15) is 0 Å². The van der Waals surface area contributed by atoms with Crippen molar-refractivity contribution in [3.63, 3.8) is 0 Å². The Kier molecular flexibility index (Phi) is 3.49. The normalized spacial score (nSPS) is 22.9. The molecule has 3 atom stereocenters. The van der Waals surface area contributed by atoms with Crippen LogP contribution in [0.25, 0.3) is 0 Å².